The van der Waals surface area contributed by atoms with Gasteiger partial charge in [-0.1, -0.05) is 12.5 Å². The van der Waals surface area contributed by atoms with Gasteiger partial charge in [0.25, 0.3) is 0 Å². The van der Waals surface area contributed by atoms with Crippen molar-refractivity contribution in [3.8, 4) is 0 Å². The van der Waals surface area contributed by atoms with Crippen molar-refractivity contribution in [2.75, 3.05) is 20.6 Å². The van der Waals surface area contributed by atoms with Crippen LogP contribution in [0.5, 0.6) is 0 Å². The molecule has 0 aliphatic heterocycles. The second kappa shape index (κ2) is 6.69. The summed E-state index contributed by atoms with van der Waals surface area (Å²) >= 11 is 1.88. The van der Waals surface area contributed by atoms with Gasteiger partial charge in [0.05, 0.1) is 0 Å². The van der Waals surface area contributed by atoms with Gasteiger partial charge < -0.3 is 10.2 Å². The van der Waals surface area contributed by atoms with E-state index in [1.54, 1.807) is 0 Å². The highest BCUT2D eigenvalue weighted by atomic mass is 32.1. The largest absolute Gasteiger partial charge is 0.317 e. The molecule has 102 valence electrons. The lowest BCUT2D eigenvalue weighted by Gasteiger charge is -2.29. The SMILES string of the molecule is CNC1CCCC1CN(C)C(C)Cc1cccs1. The van der Waals surface area contributed by atoms with Crippen LogP contribution in [0, 0.1) is 5.92 Å². The summed E-state index contributed by atoms with van der Waals surface area (Å²) in [5, 5.41) is 5.66. The van der Waals surface area contributed by atoms with Crippen LogP contribution >= 0.6 is 11.3 Å². The minimum Gasteiger partial charge on any atom is -0.317 e. The van der Waals surface area contributed by atoms with Gasteiger partial charge >= 0.3 is 0 Å². The lowest BCUT2D eigenvalue weighted by atomic mass is 10.0. The number of thiophene rings is 1. The number of nitrogens with zero attached hydrogens (tertiary/aromatic N) is 1. The molecule has 0 spiro atoms. The number of hydrogen-bond acceptors (Lipinski definition) is 3. The Morgan fingerprint density at radius 3 is 3.00 bits per heavy atom. The van der Waals surface area contributed by atoms with Crippen molar-refractivity contribution in [3.63, 3.8) is 0 Å². The average Bonchev–Trinajstić information content (AvgIpc) is 2.99. The van der Waals surface area contributed by atoms with Crippen LogP contribution < -0.4 is 5.32 Å². The van der Waals surface area contributed by atoms with Crippen molar-refractivity contribution in [1.82, 2.24) is 10.2 Å². The molecule has 3 unspecified atom stereocenters. The van der Waals surface area contributed by atoms with E-state index in [4.69, 9.17) is 0 Å². The maximum absolute atomic E-state index is 3.48. The molecule has 1 aliphatic rings. The zero-order valence-electron chi connectivity index (χ0n) is 11.9. The van der Waals surface area contributed by atoms with Gasteiger partial charge in [-0.3, -0.25) is 0 Å². The van der Waals surface area contributed by atoms with Gasteiger partial charge in [0.15, 0.2) is 0 Å². The molecule has 0 aromatic carbocycles. The van der Waals surface area contributed by atoms with Crippen molar-refractivity contribution in [2.24, 2.45) is 5.92 Å². The quantitative estimate of drug-likeness (QED) is 0.851. The minimum absolute atomic E-state index is 0.641. The predicted octanol–water partition coefficient (Wildman–Crippen LogP) is 3.00. The predicted molar refractivity (Wildman–Crippen MR) is 80.3 cm³/mol. The van der Waals surface area contributed by atoms with Gasteiger partial charge in [-0.05, 0) is 57.6 Å². The second-order valence-corrected chi connectivity index (χ2v) is 6.69. The monoisotopic (exact) mass is 266 g/mol. The van der Waals surface area contributed by atoms with Crippen molar-refractivity contribution in [1.29, 1.82) is 0 Å². The summed E-state index contributed by atoms with van der Waals surface area (Å²) in [6.07, 6.45) is 5.32. The first-order valence-corrected chi connectivity index (χ1v) is 7.98. The maximum atomic E-state index is 3.48. The molecule has 1 aliphatic carbocycles. The highest BCUT2D eigenvalue weighted by Crippen LogP contribution is 2.26. The summed E-state index contributed by atoms with van der Waals surface area (Å²) in [6.45, 7) is 3.58. The second-order valence-electron chi connectivity index (χ2n) is 5.66. The van der Waals surface area contributed by atoms with E-state index in [0.29, 0.717) is 6.04 Å². The third-order valence-electron chi connectivity index (χ3n) is 4.38. The number of hydrogen-bond donors (Lipinski definition) is 1. The van der Waals surface area contributed by atoms with Crippen LogP contribution in [0.25, 0.3) is 0 Å². The Morgan fingerprint density at radius 1 is 1.50 bits per heavy atom. The Bertz CT molecular complexity index is 336. The molecule has 18 heavy (non-hydrogen) atoms. The van der Waals surface area contributed by atoms with Gasteiger partial charge in [-0.15, -0.1) is 11.3 Å². The number of likely N-dealkylation sites (N-methyl/N-ethyl adjacent to an activating group) is 1. The Morgan fingerprint density at radius 2 is 2.33 bits per heavy atom. The summed E-state index contributed by atoms with van der Waals surface area (Å²) in [5.41, 5.74) is 0. The van der Waals surface area contributed by atoms with Crippen molar-refractivity contribution < 1.29 is 0 Å². The molecule has 0 bridgehead atoms. The zero-order valence-corrected chi connectivity index (χ0v) is 12.7. The van der Waals surface area contributed by atoms with Crippen LogP contribution in [0.2, 0.25) is 0 Å². The zero-order chi connectivity index (χ0) is 13.0. The first-order valence-electron chi connectivity index (χ1n) is 7.10. The molecule has 1 heterocycles. The first kappa shape index (κ1) is 14.0. The van der Waals surface area contributed by atoms with Crippen molar-refractivity contribution in [2.45, 2.75) is 44.7 Å². The molecule has 0 saturated heterocycles. The Kier molecular flexibility index (Phi) is 5.22. The first-order chi connectivity index (χ1) is 8.70. The van der Waals surface area contributed by atoms with Gasteiger partial charge in [0.2, 0.25) is 0 Å². The van der Waals surface area contributed by atoms with E-state index in [-0.39, 0.29) is 0 Å². The van der Waals surface area contributed by atoms with Gasteiger partial charge in [-0.2, -0.15) is 0 Å². The third-order valence-corrected chi connectivity index (χ3v) is 5.28. The molecule has 1 saturated carbocycles. The van der Waals surface area contributed by atoms with Crippen molar-refractivity contribution >= 4 is 11.3 Å². The van der Waals surface area contributed by atoms with Gasteiger partial charge in [0.1, 0.15) is 0 Å². The smallest absolute Gasteiger partial charge is 0.0112 e. The van der Waals surface area contributed by atoms with E-state index in [0.717, 1.165) is 12.0 Å². The topological polar surface area (TPSA) is 15.3 Å². The molecular formula is C15H26N2S. The molecule has 1 fully saturated rings. The highest BCUT2D eigenvalue weighted by molar-refractivity contribution is 7.09. The molecule has 3 heteroatoms. The third kappa shape index (κ3) is 3.56. The summed E-state index contributed by atoms with van der Waals surface area (Å²) in [7, 11) is 4.39. The van der Waals surface area contributed by atoms with E-state index < -0.39 is 0 Å². The minimum atomic E-state index is 0.641. The molecular weight excluding hydrogens is 240 g/mol. The van der Waals surface area contributed by atoms with Crippen LogP contribution in [0.15, 0.2) is 17.5 Å². The van der Waals surface area contributed by atoms with E-state index >= 15 is 0 Å². The van der Waals surface area contributed by atoms with Crippen LogP contribution in [0.1, 0.15) is 31.1 Å². The van der Waals surface area contributed by atoms with Gasteiger partial charge in [-0.25, -0.2) is 0 Å². The van der Waals surface area contributed by atoms with E-state index in [9.17, 15) is 0 Å². The van der Waals surface area contributed by atoms with Crippen LogP contribution in [-0.2, 0) is 6.42 Å². The fourth-order valence-electron chi connectivity index (χ4n) is 3.06. The lowest BCUT2D eigenvalue weighted by Crippen LogP contribution is -2.40. The van der Waals surface area contributed by atoms with E-state index in [1.165, 1.54) is 37.1 Å². The molecule has 3 atom stereocenters. The van der Waals surface area contributed by atoms with Crippen molar-refractivity contribution in [3.05, 3.63) is 22.4 Å². The van der Waals surface area contributed by atoms with E-state index in [2.05, 4.69) is 48.7 Å². The molecule has 1 aromatic rings. The van der Waals surface area contributed by atoms with Crippen LogP contribution in [0.3, 0.4) is 0 Å². The highest BCUT2D eigenvalue weighted by Gasteiger charge is 2.27. The fourth-order valence-corrected chi connectivity index (χ4v) is 3.89. The Balaban J connectivity index is 1.81. The maximum Gasteiger partial charge on any atom is 0.0112 e. The standard InChI is InChI=1S/C15H26N2S/c1-12(10-14-7-5-9-18-14)17(3)11-13-6-4-8-15(13)16-2/h5,7,9,12-13,15-16H,4,6,8,10-11H2,1-3H3. The number of rotatable bonds is 6. The summed E-state index contributed by atoms with van der Waals surface area (Å²) in [5.74, 6) is 0.839. The number of nitrogens with one attached hydrogen (secondary N) is 1. The summed E-state index contributed by atoms with van der Waals surface area (Å²) in [4.78, 5) is 4.05. The normalized spacial score (nSPS) is 25.8. The molecule has 1 aromatic heterocycles. The van der Waals surface area contributed by atoms with Crippen LogP contribution in [-0.4, -0.2) is 37.6 Å². The van der Waals surface area contributed by atoms with Crippen LogP contribution in [0.4, 0.5) is 0 Å². The molecule has 2 nitrogen and oxygen atoms in total. The van der Waals surface area contributed by atoms with Gasteiger partial charge in [0, 0.05) is 23.5 Å². The lowest BCUT2D eigenvalue weighted by molar-refractivity contribution is 0.204. The average molecular weight is 266 g/mol. The summed E-state index contributed by atoms with van der Waals surface area (Å²) in [6, 6.07) is 5.78. The molecule has 0 amide bonds. The Labute approximate surface area is 115 Å². The molecule has 2 rings (SSSR count). The molecule has 1 N–H and O–H groups in total. The summed E-state index contributed by atoms with van der Waals surface area (Å²) < 4.78 is 0. The van der Waals surface area contributed by atoms with E-state index in [1.807, 2.05) is 11.3 Å². The molecule has 0 radical (unpaired) electrons. The fraction of sp³-hybridized carbons (Fsp3) is 0.733. The Hall–Kier alpha value is -0.380.